The van der Waals surface area contributed by atoms with Crippen molar-refractivity contribution >= 4 is 63.4 Å². The smallest absolute Gasteiger partial charge is 0.0737 e. The van der Waals surface area contributed by atoms with Crippen LogP contribution in [-0.4, -0.2) is 62.2 Å². The van der Waals surface area contributed by atoms with Crippen molar-refractivity contribution in [2.45, 2.75) is 52.4 Å². The molecule has 328 valence electrons. The number of anilines is 3. The standard InChI is InChI=1S/C58H61N7/c1-57(2,3)40-33-39(34-41(35-40)58(4,5)6)56-51-31-29-49(61-51)54(37-15-21-43(22-16-37)64(9)10)47-27-25-45(59-47)53(36-13-19-42(20-14-36)63(7)8)46-26-28-48(60-46)55(50-30-32-52(56)62-50)38-17-23-44(24-18-38)65(11)12/h13-35,59,62H,1-12H3. The summed E-state index contributed by atoms with van der Waals surface area (Å²) in [7, 11) is 12.5. The summed E-state index contributed by atoms with van der Waals surface area (Å²) >= 11 is 0. The zero-order valence-electron chi connectivity index (χ0n) is 40.0. The molecule has 0 amide bonds. The molecule has 3 aromatic heterocycles. The highest BCUT2D eigenvalue weighted by atomic mass is 15.1. The van der Waals surface area contributed by atoms with E-state index in [9.17, 15) is 0 Å². The van der Waals surface area contributed by atoms with Crippen molar-refractivity contribution in [3.63, 3.8) is 0 Å². The fraction of sp³-hybridized carbons (Fsp3) is 0.241. The number of fused-ring (bicyclic) bond motifs is 8. The van der Waals surface area contributed by atoms with E-state index >= 15 is 0 Å². The Morgan fingerprint density at radius 2 is 0.600 bits per heavy atom. The van der Waals surface area contributed by atoms with Gasteiger partial charge in [0.05, 0.1) is 22.8 Å². The lowest BCUT2D eigenvalue weighted by Gasteiger charge is -2.26. The van der Waals surface area contributed by atoms with E-state index in [2.05, 4.69) is 248 Å². The lowest BCUT2D eigenvalue weighted by atomic mass is 9.79. The monoisotopic (exact) mass is 855 g/mol. The summed E-state index contributed by atoms with van der Waals surface area (Å²) in [6.45, 7) is 13.8. The second-order valence-corrected chi connectivity index (χ2v) is 20.1. The Kier molecular flexibility index (Phi) is 10.9. The van der Waals surface area contributed by atoms with Crippen LogP contribution in [-0.2, 0) is 10.8 Å². The van der Waals surface area contributed by atoms with Crippen molar-refractivity contribution in [3.05, 3.63) is 149 Å². The number of aromatic amines is 2. The molecular formula is C58H61N7. The summed E-state index contributed by atoms with van der Waals surface area (Å²) in [6, 6.07) is 42.3. The van der Waals surface area contributed by atoms with Crippen molar-refractivity contribution in [1.29, 1.82) is 0 Å². The second-order valence-electron chi connectivity index (χ2n) is 20.1. The summed E-state index contributed by atoms with van der Waals surface area (Å²) in [5.41, 5.74) is 21.8. The van der Waals surface area contributed by atoms with Gasteiger partial charge < -0.3 is 24.7 Å². The van der Waals surface area contributed by atoms with Gasteiger partial charge in [-0.05, 0) is 129 Å². The fourth-order valence-electron chi connectivity index (χ4n) is 8.84. The average molecular weight is 856 g/mol. The molecule has 0 spiro atoms. The van der Waals surface area contributed by atoms with Crippen molar-refractivity contribution in [2.24, 2.45) is 0 Å². The van der Waals surface area contributed by atoms with Crippen molar-refractivity contribution in [1.82, 2.24) is 19.9 Å². The van der Waals surface area contributed by atoms with Crippen LogP contribution in [0.1, 0.15) is 75.4 Å². The maximum Gasteiger partial charge on any atom is 0.0737 e. The quantitative estimate of drug-likeness (QED) is 0.167. The van der Waals surface area contributed by atoms with Gasteiger partial charge in [-0.1, -0.05) is 96.1 Å². The Hall–Kier alpha value is -7.12. The summed E-state index contributed by atoms with van der Waals surface area (Å²) in [5.74, 6) is 0. The van der Waals surface area contributed by atoms with Gasteiger partial charge in [0.15, 0.2) is 0 Å². The van der Waals surface area contributed by atoms with Crippen LogP contribution in [0, 0.1) is 0 Å². The van der Waals surface area contributed by atoms with Crippen LogP contribution in [0.15, 0.2) is 115 Å². The molecule has 7 heteroatoms. The molecule has 9 rings (SSSR count). The highest BCUT2D eigenvalue weighted by Gasteiger charge is 2.24. The highest BCUT2D eigenvalue weighted by Crippen LogP contribution is 2.41. The Balaban J connectivity index is 1.45. The van der Waals surface area contributed by atoms with Gasteiger partial charge in [0.25, 0.3) is 0 Å². The van der Waals surface area contributed by atoms with E-state index in [1.54, 1.807) is 0 Å². The molecule has 8 bridgehead atoms. The fourth-order valence-corrected chi connectivity index (χ4v) is 8.84. The molecule has 0 saturated heterocycles. The Morgan fingerprint density at radius 3 is 0.846 bits per heavy atom. The van der Waals surface area contributed by atoms with Gasteiger partial charge in [-0.15, -0.1) is 0 Å². The average Bonchev–Trinajstić information content (AvgIpc) is 4.12. The van der Waals surface area contributed by atoms with E-state index in [4.69, 9.17) is 9.97 Å². The Morgan fingerprint density at radius 1 is 0.338 bits per heavy atom. The number of nitrogens with zero attached hydrogens (tertiary/aromatic N) is 5. The van der Waals surface area contributed by atoms with Crippen LogP contribution < -0.4 is 14.7 Å². The number of rotatable bonds is 7. The molecule has 7 aromatic rings. The normalized spacial score (nSPS) is 12.5. The molecule has 4 aromatic carbocycles. The zero-order chi connectivity index (χ0) is 45.9. The van der Waals surface area contributed by atoms with E-state index in [-0.39, 0.29) is 10.8 Å². The van der Waals surface area contributed by atoms with Crippen molar-refractivity contribution in [2.75, 3.05) is 57.0 Å². The van der Waals surface area contributed by atoms with E-state index in [0.717, 1.165) is 106 Å². The molecule has 2 aliphatic heterocycles. The molecule has 0 radical (unpaired) electrons. The topological polar surface area (TPSA) is 67.1 Å². The van der Waals surface area contributed by atoms with Gasteiger partial charge in [0.2, 0.25) is 0 Å². The summed E-state index contributed by atoms with van der Waals surface area (Å²) < 4.78 is 0. The van der Waals surface area contributed by atoms with Crippen LogP contribution in [0.4, 0.5) is 17.1 Å². The number of hydrogen-bond acceptors (Lipinski definition) is 5. The summed E-state index contributed by atoms with van der Waals surface area (Å²) in [6.07, 6.45) is 8.72. The summed E-state index contributed by atoms with van der Waals surface area (Å²) in [4.78, 5) is 25.4. The number of aromatic nitrogens is 4. The molecule has 0 aliphatic carbocycles. The van der Waals surface area contributed by atoms with Gasteiger partial charge in [-0.3, -0.25) is 0 Å². The van der Waals surface area contributed by atoms with Crippen LogP contribution in [0.5, 0.6) is 0 Å². The molecule has 0 atom stereocenters. The van der Waals surface area contributed by atoms with Crippen LogP contribution >= 0.6 is 0 Å². The van der Waals surface area contributed by atoms with E-state index < -0.39 is 0 Å². The van der Waals surface area contributed by atoms with Gasteiger partial charge in [0.1, 0.15) is 0 Å². The molecule has 5 heterocycles. The molecule has 2 aliphatic rings. The number of H-pyrrole nitrogens is 2. The van der Waals surface area contributed by atoms with Gasteiger partial charge >= 0.3 is 0 Å². The largest absolute Gasteiger partial charge is 0.378 e. The van der Waals surface area contributed by atoms with Crippen LogP contribution in [0.3, 0.4) is 0 Å². The third-order valence-corrected chi connectivity index (χ3v) is 12.7. The van der Waals surface area contributed by atoms with E-state index in [1.165, 1.54) is 11.1 Å². The minimum absolute atomic E-state index is 0.0729. The lowest BCUT2D eigenvalue weighted by molar-refractivity contribution is 0.569. The van der Waals surface area contributed by atoms with Gasteiger partial charge in [-0.2, -0.15) is 0 Å². The van der Waals surface area contributed by atoms with Crippen LogP contribution in [0.25, 0.3) is 90.9 Å². The molecule has 7 nitrogen and oxygen atoms in total. The molecular weight excluding hydrogens is 795 g/mol. The molecule has 0 unspecified atom stereocenters. The van der Waals surface area contributed by atoms with Crippen molar-refractivity contribution in [3.8, 4) is 44.5 Å². The van der Waals surface area contributed by atoms with Gasteiger partial charge in [-0.25, -0.2) is 9.97 Å². The first-order chi connectivity index (χ1) is 30.9. The van der Waals surface area contributed by atoms with E-state index in [0.29, 0.717) is 0 Å². The predicted molar refractivity (Wildman–Crippen MR) is 281 cm³/mol. The second kappa shape index (κ2) is 16.5. The summed E-state index contributed by atoms with van der Waals surface area (Å²) in [5, 5.41) is 0. The zero-order valence-corrected chi connectivity index (χ0v) is 40.0. The maximum atomic E-state index is 5.62. The molecule has 0 saturated carbocycles. The predicted octanol–water partition coefficient (Wildman–Crippen LogP) is 14.1. The number of nitrogens with one attached hydrogen (secondary N) is 2. The molecule has 65 heavy (non-hydrogen) atoms. The third-order valence-electron chi connectivity index (χ3n) is 12.7. The molecule has 0 fully saturated rings. The minimum atomic E-state index is -0.0729. The van der Waals surface area contributed by atoms with E-state index in [1.807, 2.05) is 0 Å². The minimum Gasteiger partial charge on any atom is -0.378 e. The van der Waals surface area contributed by atoms with Crippen molar-refractivity contribution < 1.29 is 0 Å². The highest BCUT2D eigenvalue weighted by molar-refractivity contribution is 6.00. The van der Waals surface area contributed by atoms with Gasteiger partial charge in [0, 0.05) is 104 Å². The van der Waals surface area contributed by atoms with Crippen LogP contribution in [0.2, 0.25) is 0 Å². The third kappa shape index (κ3) is 8.39. The first-order valence-electron chi connectivity index (χ1n) is 22.6. The maximum absolute atomic E-state index is 5.62. The first-order valence-corrected chi connectivity index (χ1v) is 22.6. The number of hydrogen-bond donors (Lipinski definition) is 2. The first kappa shape index (κ1) is 43.1. The Labute approximate surface area is 384 Å². The number of benzene rings is 4. The lowest BCUT2D eigenvalue weighted by Crippen LogP contribution is -2.16. The SMILES string of the molecule is CN(C)c1ccc(-c2c3nc(c(-c4ccc(N(C)C)cc4)c4ccc([nH]4)c(-c4cc(C(C)(C)C)cc(C(C)(C)C)c4)c4nc(c(-c5ccc(N(C)C)cc5)c5ccc2[nH]5)C=C4)C=C3)cc1. The molecule has 2 N–H and O–H groups in total. The Bertz CT molecular complexity index is 3080.